The van der Waals surface area contributed by atoms with Crippen molar-refractivity contribution in [3.05, 3.63) is 88.7 Å². The molecule has 0 unspecified atom stereocenters. The van der Waals surface area contributed by atoms with Crippen molar-refractivity contribution in [2.24, 2.45) is 0 Å². The van der Waals surface area contributed by atoms with Gasteiger partial charge in [-0.15, -0.1) is 5.10 Å². The first-order chi connectivity index (χ1) is 18.6. The van der Waals surface area contributed by atoms with Crippen molar-refractivity contribution in [1.82, 2.24) is 30.4 Å². The van der Waals surface area contributed by atoms with E-state index in [0.29, 0.717) is 40.9 Å². The topological polar surface area (TPSA) is 104 Å². The minimum absolute atomic E-state index is 0.146. The fourth-order valence-corrected chi connectivity index (χ4v) is 5.15. The molecule has 1 amide bonds. The molecule has 3 aromatic carbocycles. The maximum absolute atomic E-state index is 12.9. The molecule has 0 bridgehead atoms. The molecule has 0 saturated heterocycles. The predicted molar refractivity (Wildman–Crippen MR) is 139 cm³/mol. The molecular formula is C28H28N6O4. The minimum Gasteiger partial charge on any atom is -0.492 e. The van der Waals surface area contributed by atoms with Gasteiger partial charge in [0.2, 0.25) is 12.5 Å². The summed E-state index contributed by atoms with van der Waals surface area (Å²) in [5.74, 6) is 2.39. The van der Waals surface area contributed by atoms with E-state index < -0.39 is 0 Å². The van der Waals surface area contributed by atoms with Crippen LogP contribution in [0.2, 0.25) is 0 Å². The zero-order valence-electron chi connectivity index (χ0n) is 21.3. The molecule has 0 radical (unpaired) electrons. The van der Waals surface area contributed by atoms with E-state index in [1.807, 2.05) is 43.4 Å². The van der Waals surface area contributed by atoms with E-state index in [1.165, 1.54) is 5.56 Å². The van der Waals surface area contributed by atoms with Crippen LogP contribution in [0.25, 0.3) is 5.69 Å². The van der Waals surface area contributed by atoms with Gasteiger partial charge < -0.3 is 19.5 Å². The molecule has 38 heavy (non-hydrogen) atoms. The highest BCUT2D eigenvalue weighted by Gasteiger charge is 2.37. The maximum Gasteiger partial charge on any atom is 0.251 e. The SMILES string of the molecule is COc1c2c(cc3c1[C@@H](c1nnnn1-c1cccc(C(=O)NCCc4ccccc4)c1)N(C)CC3)OCO2. The van der Waals surface area contributed by atoms with Gasteiger partial charge in [-0.25, -0.2) is 0 Å². The largest absolute Gasteiger partial charge is 0.492 e. The van der Waals surface area contributed by atoms with Crippen LogP contribution in [0, 0.1) is 0 Å². The third-order valence-corrected chi connectivity index (χ3v) is 7.03. The lowest BCUT2D eigenvalue weighted by molar-refractivity contribution is 0.0954. The first kappa shape index (κ1) is 23.9. The Morgan fingerprint density at radius 2 is 2.00 bits per heavy atom. The first-order valence-corrected chi connectivity index (χ1v) is 12.5. The summed E-state index contributed by atoms with van der Waals surface area (Å²) in [6.07, 6.45) is 1.59. The van der Waals surface area contributed by atoms with Crippen LogP contribution < -0.4 is 19.5 Å². The highest BCUT2D eigenvalue weighted by atomic mass is 16.7. The van der Waals surface area contributed by atoms with Gasteiger partial charge in [0, 0.05) is 24.2 Å². The van der Waals surface area contributed by atoms with Gasteiger partial charge in [-0.2, -0.15) is 4.68 Å². The minimum atomic E-state index is -0.290. The monoisotopic (exact) mass is 512 g/mol. The zero-order valence-corrected chi connectivity index (χ0v) is 21.3. The van der Waals surface area contributed by atoms with Crippen molar-refractivity contribution < 1.29 is 19.0 Å². The Labute approximate surface area is 220 Å². The van der Waals surface area contributed by atoms with Crippen molar-refractivity contribution in [2.75, 3.05) is 34.0 Å². The predicted octanol–water partition coefficient (Wildman–Crippen LogP) is 2.95. The van der Waals surface area contributed by atoms with Crippen molar-refractivity contribution in [3.63, 3.8) is 0 Å². The number of nitrogens with zero attached hydrogens (tertiary/aromatic N) is 5. The zero-order chi connectivity index (χ0) is 26.1. The van der Waals surface area contributed by atoms with Gasteiger partial charge in [-0.05, 0) is 65.7 Å². The third kappa shape index (κ3) is 4.32. The molecule has 4 aromatic rings. The Morgan fingerprint density at radius 1 is 1.13 bits per heavy atom. The number of tetrazole rings is 1. The highest BCUT2D eigenvalue weighted by molar-refractivity contribution is 5.94. The maximum atomic E-state index is 12.9. The second-order valence-electron chi connectivity index (χ2n) is 9.34. The van der Waals surface area contributed by atoms with Gasteiger partial charge in [0.15, 0.2) is 17.3 Å². The molecule has 1 aromatic heterocycles. The van der Waals surface area contributed by atoms with Gasteiger partial charge in [0.25, 0.3) is 5.91 Å². The molecule has 10 nitrogen and oxygen atoms in total. The van der Waals surface area contributed by atoms with Crippen LogP contribution >= 0.6 is 0 Å². The molecule has 194 valence electrons. The molecule has 1 N–H and O–H groups in total. The lowest BCUT2D eigenvalue weighted by Gasteiger charge is -2.34. The summed E-state index contributed by atoms with van der Waals surface area (Å²) < 4.78 is 18.9. The molecule has 10 heteroatoms. The van der Waals surface area contributed by atoms with Crippen LogP contribution in [-0.4, -0.2) is 65.1 Å². The molecule has 0 aliphatic carbocycles. The summed E-state index contributed by atoms with van der Waals surface area (Å²) in [6.45, 7) is 1.51. The quantitative estimate of drug-likeness (QED) is 0.403. The van der Waals surface area contributed by atoms with Crippen LogP contribution in [0.5, 0.6) is 17.2 Å². The average molecular weight is 513 g/mol. The molecule has 1 atom stereocenters. The molecule has 0 fully saturated rings. The summed E-state index contributed by atoms with van der Waals surface area (Å²) >= 11 is 0. The summed E-state index contributed by atoms with van der Waals surface area (Å²) in [5, 5.41) is 15.7. The molecule has 6 rings (SSSR count). The number of hydrogen-bond donors (Lipinski definition) is 1. The summed E-state index contributed by atoms with van der Waals surface area (Å²) in [4.78, 5) is 15.1. The van der Waals surface area contributed by atoms with E-state index in [0.717, 1.165) is 30.5 Å². The number of carbonyl (C=O) groups is 1. The van der Waals surface area contributed by atoms with Gasteiger partial charge in [-0.1, -0.05) is 36.4 Å². The Hall–Kier alpha value is -4.44. The number of carbonyl (C=O) groups excluding carboxylic acids is 1. The van der Waals surface area contributed by atoms with Crippen LogP contribution in [0.15, 0.2) is 60.7 Å². The number of amides is 1. The Bertz CT molecular complexity index is 1470. The Morgan fingerprint density at radius 3 is 2.84 bits per heavy atom. The molecule has 0 spiro atoms. The van der Waals surface area contributed by atoms with E-state index in [1.54, 1.807) is 23.9 Å². The van der Waals surface area contributed by atoms with E-state index in [2.05, 4.69) is 37.9 Å². The van der Waals surface area contributed by atoms with Crippen molar-refractivity contribution in [3.8, 4) is 22.9 Å². The number of benzene rings is 3. The van der Waals surface area contributed by atoms with Crippen molar-refractivity contribution in [2.45, 2.75) is 18.9 Å². The summed E-state index contributed by atoms with van der Waals surface area (Å²) in [5.41, 5.74) is 4.47. The smallest absolute Gasteiger partial charge is 0.251 e. The number of rotatable bonds is 7. The fraction of sp³-hybridized carbons (Fsp3) is 0.286. The lowest BCUT2D eigenvalue weighted by atomic mass is 9.90. The Kier molecular flexibility index (Phi) is 6.38. The average Bonchev–Trinajstić information content (AvgIpc) is 3.62. The van der Waals surface area contributed by atoms with Gasteiger partial charge in [0.1, 0.15) is 6.04 Å². The first-order valence-electron chi connectivity index (χ1n) is 12.5. The second kappa shape index (κ2) is 10.1. The van der Waals surface area contributed by atoms with Crippen LogP contribution in [0.3, 0.4) is 0 Å². The number of methoxy groups -OCH3 is 1. The summed E-state index contributed by atoms with van der Waals surface area (Å²) in [7, 11) is 3.67. The van der Waals surface area contributed by atoms with Gasteiger partial charge in [0.05, 0.1) is 12.8 Å². The van der Waals surface area contributed by atoms with E-state index in [-0.39, 0.29) is 18.7 Å². The van der Waals surface area contributed by atoms with Gasteiger partial charge >= 0.3 is 0 Å². The molecule has 2 aliphatic heterocycles. The van der Waals surface area contributed by atoms with Crippen molar-refractivity contribution in [1.29, 1.82) is 0 Å². The van der Waals surface area contributed by atoms with Crippen LogP contribution in [-0.2, 0) is 12.8 Å². The Balaban J connectivity index is 1.30. The normalized spacial score (nSPS) is 16.2. The fourth-order valence-electron chi connectivity index (χ4n) is 5.15. The van der Waals surface area contributed by atoms with Gasteiger partial charge in [-0.3, -0.25) is 9.69 Å². The summed E-state index contributed by atoms with van der Waals surface area (Å²) in [6, 6.07) is 19.1. The number of hydrogen-bond acceptors (Lipinski definition) is 8. The second-order valence-corrected chi connectivity index (χ2v) is 9.34. The van der Waals surface area contributed by atoms with E-state index >= 15 is 0 Å². The number of likely N-dealkylation sites (N-methyl/N-ethyl adjacent to an activating group) is 1. The molecule has 3 heterocycles. The van der Waals surface area contributed by atoms with E-state index in [9.17, 15) is 4.79 Å². The van der Waals surface area contributed by atoms with Crippen LogP contribution in [0.1, 0.15) is 38.9 Å². The molecule has 2 aliphatic rings. The number of ether oxygens (including phenoxy) is 3. The molecular weight excluding hydrogens is 484 g/mol. The van der Waals surface area contributed by atoms with Crippen LogP contribution in [0.4, 0.5) is 0 Å². The number of aromatic nitrogens is 4. The number of nitrogens with one attached hydrogen (secondary N) is 1. The van der Waals surface area contributed by atoms with Crippen molar-refractivity contribution >= 4 is 5.91 Å². The molecule has 0 saturated carbocycles. The lowest BCUT2D eigenvalue weighted by Crippen LogP contribution is -2.35. The number of fused-ring (bicyclic) bond motifs is 2. The third-order valence-electron chi connectivity index (χ3n) is 7.03. The van der Waals surface area contributed by atoms with E-state index in [4.69, 9.17) is 14.2 Å². The highest BCUT2D eigenvalue weighted by Crippen LogP contribution is 2.50. The standard InChI is InChI=1S/C28H28N6O4/c1-33-14-12-19-16-22-25(38-17-37-22)26(36-2)23(19)24(33)27-30-31-32-34(27)21-10-6-9-20(15-21)28(35)29-13-11-18-7-4-3-5-8-18/h3-10,15-16,24H,11-14,17H2,1-2H3,(H,29,35)/t24-/m0/s1.